The predicted molar refractivity (Wildman–Crippen MR) is 95.8 cm³/mol. The third kappa shape index (κ3) is 3.94. The molecule has 1 saturated heterocycles. The molecular weight excluding hydrogens is 326 g/mol. The third-order valence-electron chi connectivity index (χ3n) is 4.50. The lowest BCUT2D eigenvalue weighted by Gasteiger charge is -2.32. The van der Waals surface area contributed by atoms with Crippen molar-refractivity contribution in [2.45, 2.75) is 25.7 Å². The van der Waals surface area contributed by atoms with Crippen LogP contribution in [0.5, 0.6) is 0 Å². The van der Waals surface area contributed by atoms with Crippen molar-refractivity contribution >= 4 is 18.3 Å². The Kier molecular flexibility index (Phi) is 6.34. The lowest BCUT2D eigenvalue weighted by atomic mass is 9.95. The van der Waals surface area contributed by atoms with Crippen LogP contribution in [0.1, 0.15) is 31.5 Å². The second kappa shape index (κ2) is 8.26. The second-order valence-electron chi connectivity index (χ2n) is 6.15. The van der Waals surface area contributed by atoms with Gasteiger partial charge in [-0.25, -0.2) is 4.98 Å². The van der Waals surface area contributed by atoms with Crippen LogP contribution >= 0.6 is 12.4 Å². The first-order valence-corrected chi connectivity index (χ1v) is 8.15. The van der Waals surface area contributed by atoms with Gasteiger partial charge in [-0.2, -0.15) is 5.10 Å². The third-order valence-corrected chi connectivity index (χ3v) is 4.50. The molecule has 1 amide bonds. The van der Waals surface area contributed by atoms with Crippen LogP contribution in [-0.4, -0.2) is 45.6 Å². The number of nitrogens with one attached hydrogen (secondary N) is 1. The van der Waals surface area contributed by atoms with Gasteiger partial charge in [-0.05, 0) is 12.8 Å². The van der Waals surface area contributed by atoms with E-state index in [0.29, 0.717) is 12.5 Å². The fourth-order valence-electron chi connectivity index (χ4n) is 2.96. The van der Waals surface area contributed by atoms with Crippen molar-refractivity contribution in [3.63, 3.8) is 0 Å². The van der Waals surface area contributed by atoms with E-state index in [1.165, 1.54) is 0 Å². The fourth-order valence-corrected chi connectivity index (χ4v) is 2.96. The highest BCUT2D eigenvalue weighted by Crippen LogP contribution is 2.27. The van der Waals surface area contributed by atoms with Gasteiger partial charge in [0.1, 0.15) is 5.82 Å². The van der Waals surface area contributed by atoms with Gasteiger partial charge in [0.05, 0.1) is 0 Å². The number of hydrogen-bond acceptors (Lipinski definition) is 4. The Labute approximate surface area is 148 Å². The van der Waals surface area contributed by atoms with Crippen molar-refractivity contribution < 1.29 is 4.79 Å². The van der Waals surface area contributed by atoms with Gasteiger partial charge >= 0.3 is 0 Å². The van der Waals surface area contributed by atoms with Crippen molar-refractivity contribution in [3.05, 3.63) is 36.2 Å². The number of hydrogen-bond donors (Lipinski definition) is 2. The van der Waals surface area contributed by atoms with Crippen LogP contribution in [0, 0.1) is 5.92 Å². The summed E-state index contributed by atoms with van der Waals surface area (Å²) in [5.74, 6) is 2.05. The Hall–Kier alpha value is -1.92. The van der Waals surface area contributed by atoms with Crippen molar-refractivity contribution in [2.75, 3.05) is 19.6 Å². The summed E-state index contributed by atoms with van der Waals surface area (Å²) >= 11 is 0. The van der Waals surface area contributed by atoms with E-state index in [2.05, 4.69) is 15.2 Å². The summed E-state index contributed by atoms with van der Waals surface area (Å²) < 4.78 is 0. The van der Waals surface area contributed by atoms with E-state index in [9.17, 15) is 4.79 Å². The number of H-pyrrole nitrogens is 1. The molecule has 3 rings (SSSR count). The minimum absolute atomic E-state index is 0. The lowest BCUT2D eigenvalue weighted by molar-refractivity contribution is -0.135. The maximum Gasteiger partial charge on any atom is 0.226 e. The maximum atomic E-state index is 12.2. The van der Waals surface area contributed by atoms with Crippen LogP contribution in [-0.2, 0) is 4.79 Å². The first kappa shape index (κ1) is 18.4. The van der Waals surface area contributed by atoms with Gasteiger partial charge in [0.25, 0.3) is 0 Å². The van der Waals surface area contributed by atoms with Gasteiger partial charge < -0.3 is 10.6 Å². The predicted octanol–water partition coefficient (Wildman–Crippen LogP) is 2.19. The monoisotopic (exact) mass is 349 g/mol. The Morgan fingerprint density at radius 1 is 1.33 bits per heavy atom. The fraction of sp³-hybridized carbons (Fsp3) is 0.471. The maximum absolute atomic E-state index is 12.2. The first-order valence-electron chi connectivity index (χ1n) is 8.15. The van der Waals surface area contributed by atoms with E-state index < -0.39 is 0 Å². The highest BCUT2D eigenvalue weighted by molar-refractivity contribution is 5.85. The van der Waals surface area contributed by atoms with Crippen LogP contribution in [0.3, 0.4) is 0 Å². The summed E-state index contributed by atoms with van der Waals surface area (Å²) in [4.78, 5) is 18.7. The number of halogens is 1. The summed E-state index contributed by atoms with van der Waals surface area (Å²) in [6, 6.07) is 9.94. The second-order valence-corrected chi connectivity index (χ2v) is 6.15. The molecule has 1 atom stereocenters. The van der Waals surface area contributed by atoms with E-state index in [0.717, 1.165) is 43.1 Å². The Bertz CT molecular complexity index is 652. The number of amides is 1. The van der Waals surface area contributed by atoms with Gasteiger partial charge in [0, 0.05) is 37.0 Å². The zero-order chi connectivity index (χ0) is 16.2. The minimum atomic E-state index is -0.0958. The van der Waals surface area contributed by atoms with Gasteiger partial charge in [-0.1, -0.05) is 37.3 Å². The topological polar surface area (TPSA) is 87.9 Å². The van der Waals surface area contributed by atoms with E-state index >= 15 is 0 Å². The van der Waals surface area contributed by atoms with Crippen LogP contribution in [0.25, 0.3) is 11.4 Å². The molecule has 1 aromatic carbocycles. The number of rotatable bonds is 4. The van der Waals surface area contributed by atoms with Crippen molar-refractivity contribution in [1.29, 1.82) is 0 Å². The molecule has 130 valence electrons. The average Bonchev–Trinajstić information content (AvgIpc) is 3.11. The van der Waals surface area contributed by atoms with Crippen LogP contribution in [0.4, 0.5) is 0 Å². The molecular formula is C17H24ClN5O. The molecule has 0 radical (unpaired) electrons. The van der Waals surface area contributed by atoms with Crippen LogP contribution in [0.15, 0.2) is 30.3 Å². The number of nitrogens with two attached hydrogens (primary N) is 1. The molecule has 2 heterocycles. The number of carbonyl (C=O) groups excluding carboxylic acids is 1. The van der Waals surface area contributed by atoms with Crippen LogP contribution in [0.2, 0.25) is 0 Å². The Morgan fingerprint density at radius 3 is 2.62 bits per heavy atom. The van der Waals surface area contributed by atoms with E-state index in [1.54, 1.807) is 0 Å². The summed E-state index contributed by atoms with van der Waals surface area (Å²) in [5.41, 5.74) is 6.60. The molecule has 3 N–H and O–H groups in total. The summed E-state index contributed by atoms with van der Waals surface area (Å²) in [6.07, 6.45) is 1.82. The molecule has 24 heavy (non-hydrogen) atoms. The highest BCUT2D eigenvalue weighted by atomic mass is 35.5. The van der Waals surface area contributed by atoms with E-state index in [4.69, 9.17) is 5.73 Å². The van der Waals surface area contributed by atoms with Gasteiger partial charge in [-0.15, -0.1) is 12.4 Å². The summed E-state index contributed by atoms with van der Waals surface area (Å²) in [7, 11) is 0. The summed E-state index contributed by atoms with van der Waals surface area (Å²) in [6.45, 7) is 3.81. The molecule has 1 aliphatic rings. The number of carbonyl (C=O) groups is 1. The van der Waals surface area contributed by atoms with Gasteiger partial charge in [0.2, 0.25) is 5.91 Å². The Balaban J connectivity index is 0.00000208. The van der Waals surface area contributed by atoms with Crippen molar-refractivity contribution in [2.24, 2.45) is 11.7 Å². The van der Waals surface area contributed by atoms with Crippen LogP contribution < -0.4 is 5.73 Å². The Morgan fingerprint density at radius 2 is 2.00 bits per heavy atom. The molecule has 7 heteroatoms. The molecule has 0 aliphatic carbocycles. The molecule has 2 aromatic rings. The smallest absolute Gasteiger partial charge is 0.226 e. The number of likely N-dealkylation sites (tertiary alicyclic amines) is 1. The normalized spacial score (nSPS) is 16.5. The zero-order valence-electron chi connectivity index (χ0n) is 13.8. The highest BCUT2D eigenvalue weighted by Gasteiger charge is 2.27. The SMILES string of the molecule is CC(CN)C(=O)N1CCC(c2nc(-c3ccccc3)n[nH]2)CC1.Cl. The zero-order valence-corrected chi connectivity index (χ0v) is 14.6. The quantitative estimate of drug-likeness (QED) is 0.885. The number of benzene rings is 1. The first-order chi connectivity index (χ1) is 11.2. The van der Waals surface area contributed by atoms with Crippen molar-refractivity contribution in [1.82, 2.24) is 20.1 Å². The molecule has 0 spiro atoms. The molecule has 6 nitrogen and oxygen atoms in total. The van der Waals surface area contributed by atoms with Gasteiger partial charge in [0.15, 0.2) is 5.82 Å². The summed E-state index contributed by atoms with van der Waals surface area (Å²) in [5, 5.41) is 7.39. The van der Waals surface area contributed by atoms with E-state index in [-0.39, 0.29) is 24.2 Å². The number of aromatic nitrogens is 3. The molecule has 1 fully saturated rings. The van der Waals surface area contributed by atoms with E-state index in [1.807, 2.05) is 42.2 Å². The average molecular weight is 350 g/mol. The molecule has 1 unspecified atom stereocenters. The number of piperidine rings is 1. The number of nitrogens with zero attached hydrogens (tertiary/aromatic N) is 3. The molecule has 1 aromatic heterocycles. The molecule has 0 bridgehead atoms. The largest absolute Gasteiger partial charge is 0.342 e. The molecule has 1 aliphatic heterocycles. The van der Waals surface area contributed by atoms with Crippen molar-refractivity contribution in [3.8, 4) is 11.4 Å². The number of aromatic amines is 1. The lowest BCUT2D eigenvalue weighted by Crippen LogP contribution is -2.42. The standard InChI is InChI=1S/C17H23N5O.ClH/c1-12(11-18)17(23)22-9-7-14(8-10-22)16-19-15(20-21-16)13-5-3-2-4-6-13;/h2-6,12,14H,7-11,18H2,1H3,(H,19,20,21);1H. The minimum Gasteiger partial charge on any atom is -0.342 e. The van der Waals surface area contributed by atoms with Gasteiger partial charge in [-0.3, -0.25) is 9.89 Å². The molecule has 0 saturated carbocycles.